The van der Waals surface area contributed by atoms with Crippen LogP contribution in [0.4, 0.5) is 4.79 Å². The Kier molecular flexibility index (Phi) is 3.30. The van der Waals surface area contributed by atoms with Crippen LogP contribution in [-0.4, -0.2) is 23.2 Å². The molecule has 2 atom stereocenters. The van der Waals surface area contributed by atoms with Crippen LogP contribution in [0.25, 0.3) is 10.9 Å². The first-order chi connectivity index (χ1) is 10.1. The fraction of sp³-hybridized carbons (Fsp3) is 0.375. The van der Waals surface area contributed by atoms with E-state index in [-0.39, 0.29) is 18.1 Å². The molecule has 0 bridgehead atoms. The van der Waals surface area contributed by atoms with Crippen molar-refractivity contribution in [1.82, 2.24) is 10.3 Å². The number of rotatable bonds is 2. The van der Waals surface area contributed by atoms with E-state index in [0.717, 1.165) is 22.2 Å². The van der Waals surface area contributed by atoms with Gasteiger partial charge in [-0.15, -0.1) is 0 Å². The SMILES string of the molecule is CC(C)OC(=O)NC1Cc2[nH]c3ccccc3c2C1C#N. The number of amides is 1. The Hall–Kier alpha value is -2.48. The van der Waals surface area contributed by atoms with Crippen molar-refractivity contribution in [3.05, 3.63) is 35.5 Å². The summed E-state index contributed by atoms with van der Waals surface area (Å²) in [6.07, 6.45) is -0.0228. The number of nitrogens with zero attached hydrogens (tertiary/aromatic N) is 1. The lowest BCUT2D eigenvalue weighted by Gasteiger charge is -2.17. The molecule has 0 saturated heterocycles. The zero-order valence-electron chi connectivity index (χ0n) is 12.0. The topological polar surface area (TPSA) is 77.9 Å². The maximum atomic E-state index is 11.8. The van der Waals surface area contributed by atoms with Gasteiger partial charge in [-0.25, -0.2) is 4.79 Å². The summed E-state index contributed by atoms with van der Waals surface area (Å²) in [6, 6.07) is 10.00. The van der Waals surface area contributed by atoms with Crippen LogP contribution < -0.4 is 5.32 Å². The van der Waals surface area contributed by atoms with Gasteiger partial charge in [-0.05, 0) is 19.9 Å². The van der Waals surface area contributed by atoms with Crippen LogP contribution in [-0.2, 0) is 11.2 Å². The molecule has 1 aromatic heterocycles. The van der Waals surface area contributed by atoms with E-state index in [2.05, 4.69) is 16.4 Å². The number of carbonyl (C=O) groups is 1. The summed E-state index contributed by atoms with van der Waals surface area (Å²) in [5, 5.41) is 13.4. The number of para-hydroxylation sites is 1. The van der Waals surface area contributed by atoms with Crippen molar-refractivity contribution in [2.24, 2.45) is 0 Å². The number of nitrogens with one attached hydrogen (secondary N) is 2. The number of H-pyrrole nitrogens is 1. The number of aromatic nitrogens is 1. The Morgan fingerprint density at radius 1 is 1.48 bits per heavy atom. The Bertz CT molecular complexity index is 727. The largest absolute Gasteiger partial charge is 0.447 e. The summed E-state index contributed by atoms with van der Waals surface area (Å²) in [6.45, 7) is 3.60. The Balaban J connectivity index is 1.87. The summed E-state index contributed by atoms with van der Waals surface area (Å²) >= 11 is 0. The zero-order chi connectivity index (χ0) is 15.0. The fourth-order valence-corrected chi connectivity index (χ4v) is 2.96. The van der Waals surface area contributed by atoms with Gasteiger partial charge < -0.3 is 15.0 Å². The van der Waals surface area contributed by atoms with E-state index in [1.807, 2.05) is 24.3 Å². The highest BCUT2D eigenvalue weighted by atomic mass is 16.6. The van der Waals surface area contributed by atoms with Gasteiger partial charge in [-0.2, -0.15) is 5.26 Å². The van der Waals surface area contributed by atoms with Gasteiger partial charge in [-0.3, -0.25) is 0 Å². The molecule has 3 rings (SSSR count). The quantitative estimate of drug-likeness (QED) is 0.889. The molecule has 1 aliphatic rings. The van der Waals surface area contributed by atoms with Crippen LogP contribution in [0.1, 0.15) is 31.0 Å². The summed E-state index contributed by atoms with van der Waals surface area (Å²) in [5.74, 6) is -0.351. The lowest BCUT2D eigenvalue weighted by molar-refractivity contribution is 0.112. The molecule has 2 aromatic rings. The number of hydrogen-bond acceptors (Lipinski definition) is 3. The lowest BCUT2D eigenvalue weighted by Crippen LogP contribution is -2.38. The smallest absolute Gasteiger partial charge is 0.407 e. The van der Waals surface area contributed by atoms with Crippen molar-refractivity contribution >= 4 is 17.0 Å². The Morgan fingerprint density at radius 2 is 2.24 bits per heavy atom. The van der Waals surface area contributed by atoms with Gasteiger partial charge in [0, 0.05) is 28.6 Å². The lowest BCUT2D eigenvalue weighted by atomic mass is 9.98. The van der Waals surface area contributed by atoms with Crippen LogP contribution in [0.5, 0.6) is 0 Å². The number of alkyl carbamates (subject to hydrolysis) is 1. The number of carbonyl (C=O) groups excluding carboxylic acids is 1. The highest BCUT2D eigenvalue weighted by molar-refractivity contribution is 5.87. The standard InChI is InChI=1S/C16H17N3O2/c1-9(2)21-16(20)19-13-7-14-15(11(13)8-17)10-5-3-4-6-12(10)18-14/h3-6,9,11,13,18H,7H2,1-2H3,(H,19,20). The van der Waals surface area contributed by atoms with E-state index in [1.165, 1.54) is 0 Å². The third kappa shape index (κ3) is 2.33. The molecule has 5 nitrogen and oxygen atoms in total. The highest BCUT2D eigenvalue weighted by Gasteiger charge is 2.37. The van der Waals surface area contributed by atoms with Crippen LogP contribution in [0.3, 0.4) is 0 Å². The van der Waals surface area contributed by atoms with Gasteiger partial charge in [0.05, 0.1) is 24.1 Å². The maximum absolute atomic E-state index is 11.8. The second kappa shape index (κ2) is 5.13. The minimum atomic E-state index is -0.468. The van der Waals surface area contributed by atoms with E-state index in [9.17, 15) is 10.1 Å². The van der Waals surface area contributed by atoms with Crippen LogP contribution in [0.15, 0.2) is 24.3 Å². The molecular formula is C16H17N3O2. The molecule has 0 saturated carbocycles. The first kappa shape index (κ1) is 13.5. The number of hydrogen-bond donors (Lipinski definition) is 2. The molecule has 5 heteroatoms. The molecule has 2 N–H and O–H groups in total. The predicted octanol–water partition coefficient (Wildman–Crippen LogP) is 2.83. The van der Waals surface area contributed by atoms with Gasteiger partial charge in [0.25, 0.3) is 0 Å². The van der Waals surface area contributed by atoms with Gasteiger partial charge in [-0.1, -0.05) is 18.2 Å². The average Bonchev–Trinajstić information content (AvgIpc) is 2.92. The predicted molar refractivity (Wildman–Crippen MR) is 78.9 cm³/mol. The van der Waals surface area contributed by atoms with Crippen molar-refractivity contribution in [3.63, 3.8) is 0 Å². The number of aromatic amines is 1. The van der Waals surface area contributed by atoms with Crippen LogP contribution >= 0.6 is 0 Å². The summed E-state index contributed by atoms with van der Waals surface area (Å²) in [5.41, 5.74) is 3.06. The molecule has 0 spiro atoms. The van der Waals surface area contributed by atoms with E-state index in [0.29, 0.717) is 6.42 Å². The van der Waals surface area contributed by atoms with Crippen molar-refractivity contribution in [3.8, 4) is 6.07 Å². The number of nitriles is 1. The average molecular weight is 283 g/mol. The summed E-state index contributed by atoms with van der Waals surface area (Å²) in [7, 11) is 0. The molecule has 0 fully saturated rings. The monoisotopic (exact) mass is 283 g/mol. The fourth-order valence-electron chi connectivity index (χ4n) is 2.96. The molecule has 2 unspecified atom stereocenters. The Morgan fingerprint density at radius 3 is 2.95 bits per heavy atom. The number of benzene rings is 1. The number of ether oxygens (including phenoxy) is 1. The molecule has 108 valence electrons. The van der Waals surface area contributed by atoms with E-state index in [1.54, 1.807) is 13.8 Å². The third-order valence-electron chi connectivity index (χ3n) is 3.75. The number of fused-ring (bicyclic) bond motifs is 3. The van der Waals surface area contributed by atoms with Crippen molar-refractivity contribution in [2.75, 3.05) is 0 Å². The highest BCUT2D eigenvalue weighted by Crippen LogP contribution is 2.38. The maximum Gasteiger partial charge on any atom is 0.407 e. The molecular weight excluding hydrogens is 266 g/mol. The van der Waals surface area contributed by atoms with Crippen molar-refractivity contribution < 1.29 is 9.53 Å². The van der Waals surface area contributed by atoms with E-state index >= 15 is 0 Å². The normalized spacial score (nSPS) is 20.3. The summed E-state index contributed by atoms with van der Waals surface area (Å²) < 4.78 is 5.10. The van der Waals surface area contributed by atoms with Crippen LogP contribution in [0.2, 0.25) is 0 Å². The molecule has 1 heterocycles. The van der Waals surface area contributed by atoms with Gasteiger partial charge in [0.1, 0.15) is 0 Å². The molecule has 21 heavy (non-hydrogen) atoms. The zero-order valence-corrected chi connectivity index (χ0v) is 12.0. The van der Waals surface area contributed by atoms with Crippen LogP contribution in [0, 0.1) is 11.3 Å². The molecule has 1 amide bonds. The minimum absolute atomic E-state index is 0.175. The molecule has 0 radical (unpaired) electrons. The van der Waals surface area contributed by atoms with Crippen molar-refractivity contribution in [2.45, 2.75) is 38.3 Å². The van der Waals surface area contributed by atoms with Gasteiger partial charge >= 0.3 is 6.09 Å². The third-order valence-corrected chi connectivity index (χ3v) is 3.75. The molecule has 0 aliphatic heterocycles. The first-order valence-electron chi connectivity index (χ1n) is 7.06. The summed E-state index contributed by atoms with van der Waals surface area (Å²) in [4.78, 5) is 15.1. The van der Waals surface area contributed by atoms with Crippen molar-refractivity contribution in [1.29, 1.82) is 5.26 Å². The van der Waals surface area contributed by atoms with E-state index < -0.39 is 6.09 Å². The molecule has 1 aromatic carbocycles. The second-order valence-corrected chi connectivity index (χ2v) is 5.58. The van der Waals surface area contributed by atoms with Gasteiger partial charge in [0.2, 0.25) is 0 Å². The van der Waals surface area contributed by atoms with E-state index in [4.69, 9.17) is 4.74 Å². The second-order valence-electron chi connectivity index (χ2n) is 5.58. The molecule has 1 aliphatic carbocycles. The van der Waals surface area contributed by atoms with Gasteiger partial charge in [0.15, 0.2) is 0 Å². The first-order valence-corrected chi connectivity index (χ1v) is 7.06. The minimum Gasteiger partial charge on any atom is -0.447 e. The Labute approximate surface area is 122 Å².